The highest BCUT2D eigenvalue weighted by molar-refractivity contribution is 8.00. The van der Waals surface area contributed by atoms with Gasteiger partial charge in [-0.15, -0.1) is 0 Å². The van der Waals surface area contributed by atoms with Crippen molar-refractivity contribution < 1.29 is 4.79 Å². The first-order chi connectivity index (χ1) is 9.67. The number of hydrogen-bond donors (Lipinski definition) is 0. The maximum Gasteiger partial charge on any atom is 0.137 e. The third kappa shape index (κ3) is 4.99. The van der Waals surface area contributed by atoms with Gasteiger partial charge in [-0.2, -0.15) is 11.8 Å². The van der Waals surface area contributed by atoms with E-state index in [1.54, 1.807) is 0 Å². The molecule has 0 aromatic heterocycles. The van der Waals surface area contributed by atoms with Crippen molar-refractivity contribution in [3.8, 4) is 0 Å². The van der Waals surface area contributed by atoms with E-state index in [0.29, 0.717) is 21.9 Å². The lowest BCUT2D eigenvalue weighted by atomic mass is 9.68. The molecule has 0 radical (unpaired) electrons. The number of nitrogens with zero attached hydrogens (tertiary/aromatic N) is 1. The lowest BCUT2D eigenvalue weighted by molar-refractivity contribution is -0.127. The third-order valence-electron chi connectivity index (χ3n) is 5.40. The molecule has 122 valence electrons. The van der Waals surface area contributed by atoms with Crippen LogP contribution in [-0.2, 0) is 4.79 Å². The molecule has 0 aromatic carbocycles. The molecule has 0 spiro atoms. The predicted octanol–water partition coefficient (Wildman–Crippen LogP) is 4.24. The van der Waals surface area contributed by atoms with Crippen LogP contribution in [0.15, 0.2) is 0 Å². The van der Waals surface area contributed by atoms with Gasteiger partial charge in [-0.25, -0.2) is 0 Å². The molecule has 0 bridgehead atoms. The van der Waals surface area contributed by atoms with E-state index in [1.165, 1.54) is 12.2 Å². The maximum atomic E-state index is 12.3. The molecule has 2 atom stereocenters. The average molecular weight is 312 g/mol. The van der Waals surface area contributed by atoms with Crippen LogP contribution in [0.2, 0.25) is 0 Å². The minimum atomic E-state index is 0.286. The van der Waals surface area contributed by atoms with E-state index in [4.69, 9.17) is 0 Å². The van der Waals surface area contributed by atoms with Gasteiger partial charge in [0.25, 0.3) is 0 Å². The molecule has 0 amide bonds. The molecule has 2 rings (SSSR count). The number of rotatable bonds is 2. The first-order valence-corrected chi connectivity index (χ1v) is 9.55. The van der Waals surface area contributed by atoms with Crippen LogP contribution in [0.1, 0.15) is 60.3 Å². The molecule has 0 N–H and O–H groups in total. The van der Waals surface area contributed by atoms with Gasteiger partial charge >= 0.3 is 0 Å². The zero-order valence-corrected chi connectivity index (χ0v) is 15.4. The summed E-state index contributed by atoms with van der Waals surface area (Å²) in [6.45, 7) is 15.0. The Labute approximate surface area is 135 Å². The molecule has 1 heterocycles. The van der Waals surface area contributed by atoms with Crippen LogP contribution in [0.5, 0.6) is 0 Å². The first-order valence-electron chi connectivity index (χ1n) is 8.56. The summed E-state index contributed by atoms with van der Waals surface area (Å²) in [5, 5.41) is 0. The SMILES string of the molecule is CC1(C)CCN(CC2CC(C(C)(C)C)CCC2=O)CCS1. The van der Waals surface area contributed by atoms with Crippen LogP contribution in [-0.4, -0.2) is 40.8 Å². The summed E-state index contributed by atoms with van der Waals surface area (Å²) >= 11 is 2.09. The summed E-state index contributed by atoms with van der Waals surface area (Å²) in [5.41, 5.74) is 0.343. The molecule has 0 aromatic rings. The van der Waals surface area contributed by atoms with E-state index in [2.05, 4.69) is 51.3 Å². The highest BCUT2D eigenvalue weighted by atomic mass is 32.2. The van der Waals surface area contributed by atoms with Gasteiger partial charge in [0, 0.05) is 35.9 Å². The molecular formula is C18H33NOS. The molecule has 1 saturated carbocycles. The minimum Gasteiger partial charge on any atom is -0.302 e. The summed E-state index contributed by atoms with van der Waals surface area (Å²) in [6.07, 6.45) is 4.25. The first kappa shape index (κ1) is 17.3. The third-order valence-corrected chi connectivity index (χ3v) is 6.77. The van der Waals surface area contributed by atoms with Crippen molar-refractivity contribution in [2.45, 2.75) is 65.0 Å². The second-order valence-electron chi connectivity index (χ2n) is 8.66. The number of hydrogen-bond acceptors (Lipinski definition) is 3. The summed E-state index contributed by atoms with van der Waals surface area (Å²) in [7, 11) is 0. The standard InChI is InChI=1S/C18H33NOS/c1-17(2,3)15-6-7-16(20)14(12-15)13-19-9-8-18(4,5)21-11-10-19/h14-15H,6-13H2,1-5H3. The van der Waals surface area contributed by atoms with E-state index in [1.807, 2.05) is 0 Å². The average Bonchev–Trinajstić information content (AvgIpc) is 2.52. The van der Waals surface area contributed by atoms with Gasteiger partial charge in [0.1, 0.15) is 5.78 Å². The number of carbonyl (C=O) groups is 1. The molecule has 21 heavy (non-hydrogen) atoms. The Morgan fingerprint density at radius 1 is 1.29 bits per heavy atom. The smallest absolute Gasteiger partial charge is 0.137 e. The fraction of sp³-hybridized carbons (Fsp3) is 0.944. The molecule has 2 aliphatic rings. The van der Waals surface area contributed by atoms with Gasteiger partial charge < -0.3 is 4.90 Å². The zero-order chi connectivity index (χ0) is 15.7. The Kier molecular flexibility index (Phi) is 5.46. The fourth-order valence-corrected chi connectivity index (χ4v) is 4.77. The second-order valence-corrected chi connectivity index (χ2v) is 10.5. The van der Waals surface area contributed by atoms with Gasteiger partial charge in [-0.1, -0.05) is 34.6 Å². The lowest BCUT2D eigenvalue weighted by Gasteiger charge is -2.38. The second kappa shape index (κ2) is 6.62. The minimum absolute atomic E-state index is 0.286. The van der Waals surface area contributed by atoms with E-state index < -0.39 is 0 Å². The van der Waals surface area contributed by atoms with Crippen molar-refractivity contribution in [3.05, 3.63) is 0 Å². The van der Waals surface area contributed by atoms with Crippen LogP contribution >= 0.6 is 11.8 Å². The molecule has 3 heteroatoms. The topological polar surface area (TPSA) is 20.3 Å². The van der Waals surface area contributed by atoms with Gasteiger partial charge in [0.15, 0.2) is 0 Å². The Bertz CT molecular complexity index is 372. The lowest BCUT2D eigenvalue weighted by Crippen LogP contribution is -2.40. The molecular weight excluding hydrogens is 278 g/mol. The number of carbonyl (C=O) groups excluding carboxylic acids is 1. The molecule has 1 aliphatic heterocycles. The maximum absolute atomic E-state index is 12.3. The van der Waals surface area contributed by atoms with E-state index >= 15 is 0 Å². The highest BCUT2D eigenvalue weighted by Gasteiger charge is 2.36. The van der Waals surface area contributed by atoms with Gasteiger partial charge in [0.2, 0.25) is 0 Å². The largest absolute Gasteiger partial charge is 0.302 e. The van der Waals surface area contributed by atoms with Crippen molar-refractivity contribution in [3.63, 3.8) is 0 Å². The summed E-state index contributed by atoms with van der Waals surface area (Å²) < 4.78 is 0.402. The van der Waals surface area contributed by atoms with Crippen molar-refractivity contribution in [1.29, 1.82) is 0 Å². The fourth-order valence-electron chi connectivity index (χ4n) is 3.63. The van der Waals surface area contributed by atoms with E-state index in [0.717, 1.165) is 38.9 Å². The van der Waals surface area contributed by atoms with Gasteiger partial charge in [-0.3, -0.25) is 4.79 Å². The van der Waals surface area contributed by atoms with Crippen LogP contribution in [0.3, 0.4) is 0 Å². The molecule has 1 saturated heterocycles. The zero-order valence-electron chi connectivity index (χ0n) is 14.6. The quantitative estimate of drug-likeness (QED) is 0.761. The summed E-state index contributed by atoms with van der Waals surface area (Å²) in [6, 6.07) is 0. The van der Waals surface area contributed by atoms with Gasteiger partial charge in [-0.05, 0) is 37.1 Å². The van der Waals surface area contributed by atoms with Crippen molar-refractivity contribution in [2.75, 3.05) is 25.4 Å². The molecule has 2 fully saturated rings. The van der Waals surface area contributed by atoms with Crippen molar-refractivity contribution in [1.82, 2.24) is 4.90 Å². The van der Waals surface area contributed by atoms with Gasteiger partial charge in [0.05, 0.1) is 0 Å². The van der Waals surface area contributed by atoms with E-state index in [-0.39, 0.29) is 5.92 Å². The van der Waals surface area contributed by atoms with Crippen LogP contribution < -0.4 is 0 Å². The van der Waals surface area contributed by atoms with Crippen LogP contribution in [0.25, 0.3) is 0 Å². The summed E-state index contributed by atoms with van der Waals surface area (Å²) in [4.78, 5) is 14.9. The molecule has 1 aliphatic carbocycles. The Morgan fingerprint density at radius 2 is 2.00 bits per heavy atom. The highest BCUT2D eigenvalue weighted by Crippen LogP contribution is 2.39. The molecule has 2 nitrogen and oxygen atoms in total. The Morgan fingerprint density at radius 3 is 2.67 bits per heavy atom. The number of ketones is 1. The normalized spacial score (nSPS) is 32.0. The number of Topliss-reactive ketones (excluding diaryl/α,β-unsaturated/α-hetero) is 1. The number of thioether (sulfide) groups is 1. The monoisotopic (exact) mass is 311 g/mol. The van der Waals surface area contributed by atoms with Crippen molar-refractivity contribution in [2.24, 2.45) is 17.3 Å². The van der Waals surface area contributed by atoms with Crippen molar-refractivity contribution >= 4 is 17.5 Å². The van der Waals surface area contributed by atoms with Crippen LogP contribution in [0, 0.1) is 17.3 Å². The molecule has 2 unspecified atom stereocenters. The Hall–Kier alpha value is -0.0200. The van der Waals surface area contributed by atoms with Crippen LogP contribution in [0.4, 0.5) is 0 Å². The summed E-state index contributed by atoms with van der Waals surface area (Å²) in [5.74, 6) is 2.72. The van der Waals surface area contributed by atoms with E-state index in [9.17, 15) is 4.79 Å². The Balaban J connectivity index is 1.93. The predicted molar refractivity (Wildman–Crippen MR) is 92.9 cm³/mol.